The van der Waals surface area contributed by atoms with E-state index in [1.807, 2.05) is 0 Å². The first-order chi connectivity index (χ1) is 7.80. The maximum Gasteiger partial charge on any atom is 0.415 e. The Morgan fingerprint density at radius 2 is 2.24 bits per heavy atom. The van der Waals surface area contributed by atoms with E-state index in [4.69, 9.17) is 9.84 Å². The molecule has 1 rings (SSSR count). The molecular weight excluding hydrogens is 239 g/mol. The average molecular weight is 255 g/mol. The van der Waals surface area contributed by atoms with Crippen molar-refractivity contribution in [2.45, 2.75) is 25.1 Å². The highest BCUT2D eigenvalue weighted by Crippen LogP contribution is 2.21. The van der Waals surface area contributed by atoms with E-state index in [1.54, 1.807) is 0 Å². The van der Waals surface area contributed by atoms with E-state index in [0.717, 1.165) is 0 Å². The van der Waals surface area contributed by atoms with Gasteiger partial charge in [-0.3, -0.25) is 4.79 Å². The van der Waals surface area contributed by atoms with Gasteiger partial charge in [-0.05, 0) is 26.4 Å². The minimum Gasteiger partial charge on any atom is -0.465 e. The molecule has 1 aliphatic rings. The fourth-order valence-electron chi connectivity index (χ4n) is 1.67. The zero-order chi connectivity index (χ0) is 13.1. The molecule has 1 N–H and O–H groups in total. The monoisotopic (exact) mass is 255 g/mol. The first-order valence-corrected chi connectivity index (χ1v) is 5.40. The molecule has 0 saturated carbocycles. The minimum atomic E-state index is -4.60. The third-order valence-corrected chi connectivity index (χ3v) is 2.77. The number of ether oxygens (including phenoxy) is 1. The molecule has 2 atom stereocenters. The first-order valence-electron chi connectivity index (χ1n) is 5.40. The summed E-state index contributed by atoms with van der Waals surface area (Å²) in [7, 11) is 1.48. The number of alkyl halides is 3. The van der Waals surface area contributed by atoms with Crippen molar-refractivity contribution in [3.05, 3.63) is 0 Å². The minimum absolute atomic E-state index is 0.222. The van der Waals surface area contributed by atoms with Gasteiger partial charge in [-0.25, -0.2) is 0 Å². The number of rotatable bonds is 5. The summed E-state index contributed by atoms with van der Waals surface area (Å²) < 4.78 is 40.9. The van der Waals surface area contributed by atoms with E-state index in [1.165, 1.54) is 11.9 Å². The molecule has 0 aromatic carbocycles. The number of likely N-dealkylation sites (N-methyl/N-ethyl adjacent to an activating group) is 1. The van der Waals surface area contributed by atoms with Gasteiger partial charge in [0.1, 0.15) is 0 Å². The van der Waals surface area contributed by atoms with Crippen LogP contribution in [-0.2, 0) is 9.53 Å². The number of aliphatic hydroxyl groups is 1. The molecule has 0 bridgehead atoms. The molecule has 0 spiro atoms. The number of carbonyl (C=O) groups is 1. The molecule has 1 heterocycles. The summed E-state index contributed by atoms with van der Waals surface area (Å²) in [5, 5.41) is 8.84. The summed E-state index contributed by atoms with van der Waals surface area (Å²) in [5.74, 6) is -0.504. The molecule has 0 aromatic rings. The van der Waals surface area contributed by atoms with E-state index in [-0.39, 0.29) is 11.9 Å². The summed E-state index contributed by atoms with van der Waals surface area (Å²) in [6, 6.07) is 0. The van der Waals surface area contributed by atoms with Crippen molar-refractivity contribution in [2.75, 3.05) is 26.7 Å². The van der Waals surface area contributed by atoms with Gasteiger partial charge in [-0.2, -0.15) is 13.2 Å². The summed E-state index contributed by atoms with van der Waals surface area (Å²) in [4.78, 5) is 12.5. The Morgan fingerprint density at radius 1 is 1.59 bits per heavy atom. The number of hydrogen-bond donors (Lipinski definition) is 1. The van der Waals surface area contributed by atoms with Gasteiger partial charge in [0.25, 0.3) is 0 Å². The number of carbonyl (C=O) groups excluding carboxylic acids is 1. The Hall–Kier alpha value is -0.820. The van der Waals surface area contributed by atoms with Crippen molar-refractivity contribution in [1.82, 2.24) is 4.90 Å². The van der Waals surface area contributed by atoms with Crippen LogP contribution in [0.15, 0.2) is 0 Å². The second-order valence-corrected chi connectivity index (χ2v) is 4.26. The van der Waals surface area contributed by atoms with Crippen molar-refractivity contribution in [2.24, 2.45) is 5.92 Å². The summed E-state index contributed by atoms with van der Waals surface area (Å²) >= 11 is 0. The largest absolute Gasteiger partial charge is 0.465 e. The fraction of sp³-hybridized carbons (Fsp3) is 0.900. The van der Waals surface area contributed by atoms with Crippen LogP contribution in [-0.4, -0.2) is 55.0 Å². The predicted octanol–water partition coefficient (Wildman–Crippen LogP) is 0.795. The Kier molecular flexibility index (Phi) is 4.76. The van der Waals surface area contributed by atoms with Crippen LogP contribution in [0.4, 0.5) is 13.2 Å². The van der Waals surface area contributed by atoms with E-state index < -0.39 is 18.8 Å². The molecule has 100 valence electrons. The van der Waals surface area contributed by atoms with Gasteiger partial charge in [0.15, 0.2) is 6.10 Å². The molecule has 0 aromatic heterocycles. The number of cyclic esters (lactones) is 1. The van der Waals surface area contributed by atoms with Crippen LogP contribution >= 0.6 is 0 Å². The van der Waals surface area contributed by atoms with Gasteiger partial charge in [0.05, 0.1) is 12.5 Å². The third kappa shape index (κ3) is 4.51. The highest BCUT2D eigenvalue weighted by Gasteiger charge is 2.38. The maximum atomic E-state index is 12.1. The number of esters is 1. The lowest BCUT2D eigenvalue weighted by Gasteiger charge is -2.22. The Labute approximate surface area is 97.3 Å². The molecule has 17 heavy (non-hydrogen) atoms. The molecule has 1 aliphatic heterocycles. The van der Waals surface area contributed by atoms with Gasteiger partial charge >= 0.3 is 12.1 Å². The standard InChI is InChI=1S/C10H16F3NO3/c1-14(6-8(15)10(11,12)13)4-2-7-3-5-17-9(7)16/h7-8,15H,2-6H2,1H3. The van der Waals surface area contributed by atoms with Crippen molar-refractivity contribution in [3.8, 4) is 0 Å². The second-order valence-electron chi connectivity index (χ2n) is 4.26. The zero-order valence-electron chi connectivity index (χ0n) is 9.54. The quantitative estimate of drug-likeness (QED) is 0.738. The van der Waals surface area contributed by atoms with E-state index in [2.05, 4.69) is 0 Å². The van der Waals surface area contributed by atoms with Crippen molar-refractivity contribution in [3.63, 3.8) is 0 Å². The summed E-state index contributed by atoms with van der Waals surface area (Å²) in [6.07, 6.45) is -5.86. The smallest absolute Gasteiger partial charge is 0.415 e. The second kappa shape index (κ2) is 5.68. The first kappa shape index (κ1) is 14.2. The topological polar surface area (TPSA) is 49.8 Å². The molecule has 1 fully saturated rings. The molecule has 0 aliphatic carbocycles. The molecule has 1 saturated heterocycles. The lowest BCUT2D eigenvalue weighted by atomic mass is 10.0. The van der Waals surface area contributed by atoms with Gasteiger partial charge in [0, 0.05) is 6.54 Å². The van der Waals surface area contributed by atoms with E-state index in [9.17, 15) is 18.0 Å². The highest BCUT2D eigenvalue weighted by molar-refractivity contribution is 5.74. The maximum absolute atomic E-state index is 12.1. The van der Waals surface area contributed by atoms with Crippen LogP contribution in [0.1, 0.15) is 12.8 Å². The molecular formula is C10H16F3NO3. The van der Waals surface area contributed by atoms with Crippen molar-refractivity contribution < 1.29 is 27.8 Å². The summed E-state index contributed by atoms with van der Waals surface area (Å²) in [5.41, 5.74) is 0. The van der Waals surface area contributed by atoms with E-state index in [0.29, 0.717) is 26.0 Å². The molecule has 0 radical (unpaired) electrons. The molecule has 2 unspecified atom stereocenters. The van der Waals surface area contributed by atoms with Crippen molar-refractivity contribution in [1.29, 1.82) is 0 Å². The predicted molar refractivity (Wildman–Crippen MR) is 53.2 cm³/mol. The van der Waals surface area contributed by atoms with Crippen LogP contribution in [0.25, 0.3) is 0 Å². The van der Waals surface area contributed by atoms with Gasteiger partial charge in [-0.1, -0.05) is 0 Å². The highest BCUT2D eigenvalue weighted by atomic mass is 19.4. The number of aliphatic hydroxyl groups excluding tert-OH is 1. The van der Waals surface area contributed by atoms with E-state index >= 15 is 0 Å². The number of hydrogen-bond acceptors (Lipinski definition) is 4. The SMILES string of the molecule is CN(CCC1CCOC1=O)CC(O)C(F)(F)F. The van der Waals surface area contributed by atoms with Crippen LogP contribution < -0.4 is 0 Å². The van der Waals surface area contributed by atoms with Gasteiger partial charge in [-0.15, -0.1) is 0 Å². The van der Waals surface area contributed by atoms with Crippen molar-refractivity contribution >= 4 is 5.97 Å². The molecule has 0 amide bonds. The van der Waals surface area contributed by atoms with Crippen LogP contribution in [0.2, 0.25) is 0 Å². The normalized spacial score (nSPS) is 22.9. The third-order valence-electron chi connectivity index (χ3n) is 2.77. The Bertz CT molecular complexity index is 270. The van der Waals surface area contributed by atoms with Crippen LogP contribution in [0.3, 0.4) is 0 Å². The van der Waals surface area contributed by atoms with Gasteiger partial charge < -0.3 is 14.7 Å². The van der Waals surface area contributed by atoms with Crippen LogP contribution in [0, 0.1) is 5.92 Å². The zero-order valence-corrected chi connectivity index (χ0v) is 9.54. The Morgan fingerprint density at radius 3 is 2.71 bits per heavy atom. The summed E-state index contributed by atoms with van der Waals surface area (Å²) in [6.45, 7) is 0.233. The Balaban J connectivity index is 2.25. The number of halogens is 3. The average Bonchev–Trinajstić information content (AvgIpc) is 2.59. The van der Waals surface area contributed by atoms with Crippen LogP contribution in [0.5, 0.6) is 0 Å². The lowest BCUT2D eigenvalue weighted by Crippen LogP contribution is -2.40. The van der Waals surface area contributed by atoms with Gasteiger partial charge in [0.2, 0.25) is 0 Å². The molecule has 4 nitrogen and oxygen atoms in total. The lowest BCUT2D eigenvalue weighted by molar-refractivity contribution is -0.207. The number of nitrogens with zero attached hydrogens (tertiary/aromatic N) is 1. The molecule has 7 heteroatoms. The fourth-order valence-corrected chi connectivity index (χ4v) is 1.67.